The maximum Gasteiger partial charge on any atom is 0.329 e. The molecule has 10 heteroatoms. The lowest BCUT2D eigenvalue weighted by molar-refractivity contribution is -0.139. The molecular weight excluding hydrogens is 416 g/mol. The largest absolute Gasteiger partial charge is 0.494 e. The Bertz CT molecular complexity index is 959. The monoisotopic (exact) mass is 442 g/mol. The minimum atomic E-state index is -0.867. The molecule has 3 amide bonds. The van der Waals surface area contributed by atoms with Crippen molar-refractivity contribution >= 4 is 29.6 Å². The fourth-order valence-corrected chi connectivity index (χ4v) is 2.48. The van der Waals surface area contributed by atoms with Crippen LogP contribution in [0.1, 0.15) is 19.4 Å². The molecule has 0 aliphatic rings. The highest BCUT2D eigenvalue weighted by molar-refractivity contribution is 6.35. The van der Waals surface area contributed by atoms with Crippen LogP contribution in [0.15, 0.2) is 47.6 Å². The van der Waals surface area contributed by atoms with Gasteiger partial charge in [-0.05, 0) is 61.9 Å². The number of benzene rings is 2. The van der Waals surface area contributed by atoms with Crippen molar-refractivity contribution in [3.05, 3.63) is 48.0 Å². The van der Waals surface area contributed by atoms with Crippen molar-refractivity contribution in [2.45, 2.75) is 13.8 Å². The van der Waals surface area contributed by atoms with Gasteiger partial charge in [0.1, 0.15) is 5.75 Å². The number of methoxy groups -OCH3 is 1. The van der Waals surface area contributed by atoms with E-state index in [9.17, 15) is 14.4 Å². The fraction of sp³-hybridized carbons (Fsp3) is 0.273. The molecule has 0 atom stereocenters. The maximum atomic E-state index is 12.2. The molecule has 0 radical (unpaired) electrons. The Morgan fingerprint density at radius 2 is 1.72 bits per heavy atom. The van der Waals surface area contributed by atoms with Gasteiger partial charge in [-0.15, -0.1) is 0 Å². The number of hydrazone groups is 1. The van der Waals surface area contributed by atoms with Crippen molar-refractivity contribution in [1.29, 1.82) is 0 Å². The van der Waals surface area contributed by atoms with Crippen molar-refractivity contribution in [2.75, 3.05) is 32.2 Å². The van der Waals surface area contributed by atoms with Crippen LogP contribution >= 0.6 is 0 Å². The molecule has 2 aromatic rings. The number of likely N-dealkylation sites (N-methyl/N-ethyl adjacent to an activating group) is 1. The van der Waals surface area contributed by atoms with E-state index in [4.69, 9.17) is 14.2 Å². The number of ether oxygens (including phenoxy) is 3. The van der Waals surface area contributed by atoms with Crippen LogP contribution < -0.4 is 30.3 Å². The number of carbonyl (C=O) groups is 3. The van der Waals surface area contributed by atoms with Crippen molar-refractivity contribution in [1.82, 2.24) is 10.7 Å². The number of anilines is 1. The van der Waals surface area contributed by atoms with Gasteiger partial charge in [-0.1, -0.05) is 0 Å². The summed E-state index contributed by atoms with van der Waals surface area (Å²) in [6.07, 6.45) is 1.35. The summed E-state index contributed by atoms with van der Waals surface area (Å²) >= 11 is 0. The van der Waals surface area contributed by atoms with Crippen LogP contribution in [0.25, 0.3) is 0 Å². The van der Waals surface area contributed by atoms with Crippen molar-refractivity contribution in [3.63, 3.8) is 0 Å². The molecule has 0 aliphatic heterocycles. The highest BCUT2D eigenvalue weighted by atomic mass is 16.5. The van der Waals surface area contributed by atoms with Gasteiger partial charge in [0, 0.05) is 12.2 Å². The van der Waals surface area contributed by atoms with E-state index < -0.39 is 11.8 Å². The van der Waals surface area contributed by atoms with Crippen molar-refractivity contribution in [3.8, 4) is 17.2 Å². The van der Waals surface area contributed by atoms with Gasteiger partial charge in [0.25, 0.3) is 5.91 Å². The summed E-state index contributed by atoms with van der Waals surface area (Å²) in [4.78, 5) is 35.0. The number of hydrogen-bond donors (Lipinski definition) is 3. The average molecular weight is 442 g/mol. The Hall–Kier alpha value is -4.08. The molecule has 2 rings (SSSR count). The number of amides is 3. The van der Waals surface area contributed by atoms with Crippen molar-refractivity contribution < 1.29 is 28.6 Å². The van der Waals surface area contributed by atoms with Gasteiger partial charge in [0.15, 0.2) is 18.1 Å². The molecule has 32 heavy (non-hydrogen) atoms. The molecule has 0 heterocycles. The summed E-state index contributed by atoms with van der Waals surface area (Å²) in [6, 6.07) is 11.9. The summed E-state index contributed by atoms with van der Waals surface area (Å²) in [5.41, 5.74) is 3.33. The van der Waals surface area contributed by atoms with Crippen LogP contribution in [-0.2, 0) is 14.4 Å². The van der Waals surface area contributed by atoms with E-state index in [2.05, 4.69) is 21.2 Å². The normalized spacial score (nSPS) is 10.3. The van der Waals surface area contributed by atoms with Crippen LogP contribution in [0.2, 0.25) is 0 Å². The Balaban J connectivity index is 1.90. The van der Waals surface area contributed by atoms with Gasteiger partial charge in [-0.3, -0.25) is 14.4 Å². The second-order valence-corrected chi connectivity index (χ2v) is 6.26. The molecule has 0 fully saturated rings. The summed E-state index contributed by atoms with van der Waals surface area (Å²) in [6.45, 7) is 4.28. The zero-order valence-electron chi connectivity index (χ0n) is 18.1. The number of rotatable bonds is 10. The van der Waals surface area contributed by atoms with E-state index in [0.29, 0.717) is 35.9 Å². The molecule has 0 saturated heterocycles. The molecule has 0 unspecified atom stereocenters. The zero-order chi connectivity index (χ0) is 23.3. The smallest absolute Gasteiger partial charge is 0.329 e. The molecule has 0 spiro atoms. The molecule has 0 aromatic heterocycles. The Kier molecular flexibility index (Phi) is 9.51. The van der Waals surface area contributed by atoms with Gasteiger partial charge >= 0.3 is 11.8 Å². The first-order chi connectivity index (χ1) is 15.5. The molecule has 0 bridgehead atoms. The van der Waals surface area contributed by atoms with E-state index in [1.165, 1.54) is 13.3 Å². The highest BCUT2D eigenvalue weighted by Crippen LogP contribution is 2.27. The van der Waals surface area contributed by atoms with Gasteiger partial charge in [-0.25, -0.2) is 5.43 Å². The third kappa shape index (κ3) is 7.63. The second kappa shape index (κ2) is 12.6. The van der Waals surface area contributed by atoms with E-state index in [-0.39, 0.29) is 12.5 Å². The summed E-state index contributed by atoms with van der Waals surface area (Å²) in [5, 5.41) is 8.83. The lowest BCUT2D eigenvalue weighted by Gasteiger charge is -2.12. The Labute approximate surface area is 185 Å². The minimum absolute atomic E-state index is 0.223. The van der Waals surface area contributed by atoms with Crippen molar-refractivity contribution in [2.24, 2.45) is 5.10 Å². The second-order valence-electron chi connectivity index (χ2n) is 6.26. The van der Waals surface area contributed by atoms with Gasteiger partial charge < -0.3 is 24.8 Å². The Morgan fingerprint density at radius 3 is 2.38 bits per heavy atom. The van der Waals surface area contributed by atoms with Crippen LogP contribution in [0.3, 0.4) is 0 Å². The van der Waals surface area contributed by atoms with E-state index in [1.54, 1.807) is 49.4 Å². The van der Waals surface area contributed by atoms with E-state index in [0.717, 1.165) is 5.75 Å². The number of carbonyl (C=O) groups excluding carboxylic acids is 3. The summed E-state index contributed by atoms with van der Waals surface area (Å²) in [7, 11) is 1.46. The SMILES string of the molecule is CCNC(=O)C(=O)N/N=C\c1ccc(OCC(=O)Nc2ccc(OCC)cc2)c(OC)c1. The minimum Gasteiger partial charge on any atom is -0.494 e. The number of nitrogens with zero attached hydrogens (tertiary/aromatic N) is 1. The van der Waals surface area contributed by atoms with Crippen LogP contribution in [0, 0.1) is 0 Å². The lowest BCUT2D eigenvalue weighted by Crippen LogP contribution is -2.37. The third-order valence-electron chi connectivity index (χ3n) is 3.92. The maximum absolute atomic E-state index is 12.2. The number of hydrogen-bond acceptors (Lipinski definition) is 7. The number of nitrogens with one attached hydrogen (secondary N) is 3. The molecule has 10 nitrogen and oxygen atoms in total. The summed E-state index contributed by atoms with van der Waals surface area (Å²) in [5.74, 6) is -0.521. The lowest BCUT2D eigenvalue weighted by atomic mass is 10.2. The van der Waals surface area contributed by atoms with Crippen LogP contribution in [-0.4, -0.2) is 50.8 Å². The van der Waals surface area contributed by atoms with E-state index >= 15 is 0 Å². The molecule has 2 aromatic carbocycles. The van der Waals surface area contributed by atoms with Gasteiger partial charge in [0.2, 0.25) is 0 Å². The standard InChI is InChI=1S/C22H26N4O6/c1-4-23-21(28)22(29)26-24-13-15-6-11-18(19(12-15)30-3)32-14-20(27)25-16-7-9-17(10-8-16)31-5-2/h6-13H,4-5,14H2,1-3H3,(H,23,28)(H,25,27)(H,26,29)/b24-13-. The van der Waals surface area contributed by atoms with Gasteiger partial charge in [-0.2, -0.15) is 5.10 Å². The Morgan fingerprint density at radius 1 is 0.969 bits per heavy atom. The fourth-order valence-electron chi connectivity index (χ4n) is 2.48. The molecule has 170 valence electrons. The predicted molar refractivity (Wildman–Crippen MR) is 119 cm³/mol. The first-order valence-electron chi connectivity index (χ1n) is 9.91. The summed E-state index contributed by atoms with van der Waals surface area (Å²) < 4.78 is 16.2. The quantitative estimate of drug-likeness (QED) is 0.292. The van der Waals surface area contributed by atoms with Crippen LogP contribution in [0.5, 0.6) is 17.2 Å². The molecule has 0 aliphatic carbocycles. The van der Waals surface area contributed by atoms with E-state index in [1.807, 2.05) is 6.92 Å². The molecule has 3 N–H and O–H groups in total. The molecule has 0 saturated carbocycles. The topological polar surface area (TPSA) is 127 Å². The highest BCUT2D eigenvalue weighted by Gasteiger charge is 2.11. The van der Waals surface area contributed by atoms with Gasteiger partial charge in [0.05, 0.1) is 19.9 Å². The first-order valence-corrected chi connectivity index (χ1v) is 9.91. The predicted octanol–water partition coefficient (Wildman–Crippen LogP) is 1.70. The van der Waals surface area contributed by atoms with Crippen LogP contribution in [0.4, 0.5) is 5.69 Å². The zero-order valence-corrected chi connectivity index (χ0v) is 18.1. The average Bonchev–Trinajstić information content (AvgIpc) is 2.79. The third-order valence-corrected chi connectivity index (χ3v) is 3.92. The molecular formula is C22H26N4O6. The first kappa shape index (κ1) is 24.2.